The highest BCUT2D eigenvalue weighted by molar-refractivity contribution is 9.10. The SMILES string of the molecule is CCC(=Nc1ccc(Br)cc1)c1c(O)n(C)c(=O)n(C)c1=O. The van der Waals surface area contributed by atoms with Gasteiger partial charge in [-0.3, -0.25) is 18.9 Å². The van der Waals surface area contributed by atoms with Crippen LogP contribution in [0.25, 0.3) is 0 Å². The Balaban J connectivity index is 2.70. The van der Waals surface area contributed by atoms with Crippen molar-refractivity contribution in [3.8, 4) is 5.88 Å². The summed E-state index contributed by atoms with van der Waals surface area (Å²) in [7, 11) is 2.79. The second-order valence-electron chi connectivity index (χ2n) is 4.79. The lowest BCUT2D eigenvalue weighted by Gasteiger charge is -2.11. The largest absolute Gasteiger partial charge is 0.494 e. The molecule has 7 heteroatoms. The normalized spacial score (nSPS) is 11.7. The van der Waals surface area contributed by atoms with Gasteiger partial charge in [-0.25, -0.2) is 4.79 Å². The average molecular weight is 366 g/mol. The molecule has 22 heavy (non-hydrogen) atoms. The van der Waals surface area contributed by atoms with Crippen LogP contribution >= 0.6 is 15.9 Å². The third-order valence-electron chi connectivity index (χ3n) is 3.35. The molecule has 0 saturated carbocycles. The van der Waals surface area contributed by atoms with E-state index in [4.69, 9.17) is 0 Å². The molecule has 0 aliphatic rings. The molecule has 1 N–H and O–H groups in total. The van der Waals surface area contributed by atoms with Gasteiger partial charge in [0.25, 0.3) is 5.56 Å². The van der Waals surface area contributed by atoms with Gasteiger partial charge in [0.15, 0.2) is 0 Å². The van der Waals surface area contributed by atoms with Crippen molar-refractivity contribution < 1.29 is 5.11 Å². The number of halogens is 1. The van der Waals surface area contributed by atoms with Gasteiger partial charge in [-0.15, -0.1) is 0 Å². The molecule has 0 aliphatic heterocycles. The first-order valence-corrected chi connectivity index (χ1v) is 7.48. The van der Waals surface area contributed by atoms with Crippen molar-refractivity contribution in [1.82, 2.24) is 9.13 Å². The Labute approximate surface area is 135 Å². The smallest absolute Gasteiger partial charge is 0.333 e. The topological polar surface area (TPSA) is 76.6 Å². The minimum atomic E-state index is -0.578. The van der Waals surface area contributed by atoms with Gasteiger partial charge in [-0.05, 0) is 30.7 Å². The summed E-state index contributed by atoms with van der Waals surface area (Å²) in [6.07, 6.45) is 0.442. The number of benzene rings is 1. The van der Waals surface area contributed by atoms with E-state index < -0.39 is 11.2 Å². The number of aromatic nitrogens is 2. The van der Waals surface area contributed by atoms with Gasteiger partial charge in [-0.1, -0.05) is 22.9 Å². The van der Waals surface area contributed by atoms with Crippen molar-refractivity contribution in [2.45, 2.75) is 13.3 Å². The molecule has 2 rings (SSSR count). The van der Waals surface area contributed by atoms with Crippen molar-refractivity contribution in [1.29, 1.82) is 0 Å². The molecule has 1 aromatic carbocycles. The molecule has 0 amide bonds. The van der Waals surface area contributed by atoms with Crippen LogP contribution in [0.4, 0.5) is 5.69 Å². The lowest BCUT2D eigenvalue weighted by Crippen LogP contribution is -2.40. The molecular formula is C15H16BrN3O3. The Bertz CT molecular complexity index is 848. The summed E-state index contributed by atoms with van der Waals surface area (Å²) in [4.78, 5) is 28.5. The van der Waals surface area contributed by atoms with Gasteiger partial charge in [0.05, 0.1) is 11.4 Å². The molecule has 0 aliphatic carbocycles. The molecule has 0 bridgehead atoms. The first-order chi connectivity index (χ1) is 10.4. The molecule has 0 unspecified atom stereocenters. The van der Waals surface area contributed by atoms with Gasteiger partial charge in [0.1, 0.15) is 5.56 Å². The van der Waals surface area contributed by atoms with Crippen LogP contribution in [0, 0.1) is 0 Å². The predicted octanol–water partition coefficient (Wildman–Crippen LogP) is 2.08. The number of aromatic hydroxyl groups is 1. The maximum atomic E-state index is 12.3. The molecule has 0 spiro atoms. The van der Waals surface area contributed by atoms with Crippen molar-refractivity contribution >= 4 is 27.3 Å². The highest BCUT2D eigenvalue weighted by atomic mass is 79.9. The Hall–Kier alpha value is -2.15. The van der Waals surface area contributed by atoms with Crippen molar-refractivity contribution in [3.63, 3.8) is 0 Å². The van der Waals surface area contributed by atoms with Gasteiger partial charge in [0.2, 0.25) is 5.88 Å². The zero-order valence-electron chi connectivity index (χ0n) is 12.5. The summed E-state index contributed by atoms with van der Waals surface area (Å²) in [6.45, 7) is 1.83. The average Bonchev–Trinajstić information content (AvgIpc) is 2.52. The third-order valence-corrected chi connectivity index (χ3v) is 3.88. The minimum absolute atomic E-state index is 0.0509. The fraction of sp³-hybridized carbons (Fsp3) is 0.267. The van der Waals surface area contributed by atoms with Crippen LogP contribution < -0.4 is 11.2 Å². The van der Waals surface area contributed by atoms with Crippen LogP contribution in [0.5, 0.6) is 5.88 Å². The van der Waals surface area contributed by atoms with Crippen LogP contribution in [0.15, 0.2) is 43.3 Å². The Morgan fingerprint density at radius 2 is 1.77 bits per heavy atom. The molecule has 0 radical (unpaired) electrons. The zero-order chi connectivity index (χ0) is 16.4. The summed E-state index contributed by atoms with van der Waals surface area (Å²) in [5.74, 6) is -0.370. The molecule has 0 saturated heterocycles. The van der Waals surface area contributed by atoms with Crippen molar-refractivity contribution in [2.24, 2.45) is 19.1 Å². The van der Waals surface area contributed by atoms with E-state index in [1.165, 1.54) is 14.1 Å². The summed E-state index contributed by atoms with van der Waals surface area (Å²) < 4.78 is 2.91. The van der Waals surface area contributed by atoms with Gasteiger partial charge < -0.3 is 5.11 Å². The van der Waals surface area contributed by atoms with E-state index >= 15 is 0 Å². The van der Waals surface area contributed by atoms with Crippen LogP contribution in [0.3, 0.4) is 0 Å². The lowest BCUT2D eigenvalue weighted by atomic mass is 10.1. The Morgan fingerprint density at radius 1 is 1.18 bits per heavy atom. The number of aliphatic imine (C=N–C) groups is 1. The van der Waals surface area contributed by atoms with E-state index in [0.29, 0.717) is 17.8 Å². The zero-order valence-corrected chi connectivity index (χ0v) is 14.1. The molecule has 6 nitrogen and oxygen atoms in total. The quantitative estimate of drug-likeness (QED) is 0.845. The highest BCUT2D eigenvalue weighted by Crippen LogP contribution is 2.20. The lowest BCUT2D eigenvalue weighted by molar-refractivity contribution is 0.410. The molecular weight excluding hydrogens is 350 g/mol. The molecule has 0 fully saturated rings. The first kappa shape index (κ1) is 16.2. The van der Waals surface area contributed by atoms with E-state index in [9.17, 15) is 14.7 Å². The molecule has 116 valence electrons. The first-order valence-electron chi connectivity index (χ1n) is 6.69. The monoisotopic (exact) mass is 365 g/mol. The second kappa shape index (κ2) is 6.31. The molecule has 0 atom stereocenters. The van der Waals surface area contributed by atoms with E-state index in [-0.39, 0.29) is 11.4 Å². The number of hydrogen-bond donors (Lipinski definition) is 1. The summed E-state index contributed by atoms with van der Waals surface area (Å²) in [5, 5.41) is 10.2. The minimum Gasteiger partial charge on any atom is -0.494 e. The fourth-order valence-corrected chi connectivity index (χ4v) is 2.33. The standard InChI is InChI=1S/C15H16BrN3O3/c1-4-11(17-10-7-5-9(16)6-8-10)12-13(20)18(2)15(22)19(3)14(12)21/h5-8,20H,4H2,1-3H3. The molecule has 1 aromatic heterocycles. The fourth-order valence-electron chi connectivity index (χ4n) is 2.07. The highest BCUT2D eigenvalue weighted by Gasteiger charge is 2.18. The van der Waals surface area contributed by atoms with Crippen molar-refractivity contribution in [3.05, 3.63) is 55.1 Å². The van der Waals surface area contributed by atoms with Crippen molar-refractivity contribution in [2.75, 3.05) is 0 Å². The van der Waals surface area contributed by atoms with E-state index in [1.807, 2.05) is 19.1 Å². The number of nitrogens with zero attached hydrogens (tertiary/aromatic N) is 3. The third kappa shape index (κ3) is 2.89. The van der Waals surface area contributed by atoms with Gasteiger partial charge >= 0.3 is 5.69 Å². The van der Waals surface area contributed by atoms with Crippen LogP contribution in [-0.4, -0.2) is 20.0 Å². The number of hydrogen-bond acceptors (Lipinski definition) is 4. The summed E-state index contributed by atoms with van der Waals surface area (Å²) in [6, 6.07) is 7.27. The maximum absolute atomic E-state index is 12.3. The summed E-state index contributed by atoms with van der Waals surface area (Å²) >= 11 is 3.34. The Morgan fingerprint density at radius 3 is 2.32 bits per heavy atom. The maximum Gasteiger partial charge on any atom is 0.333 e. The molecule has 1 heterocycles. The molecule has 2 aromatic rings. The van der Waals surface area contributed by atoms with E-state index in [0.717, 1.165) is 13.6 Å². The van der Waals surface area contributed by atoms with Crippen LogP contribution in [0.1, 0.15) is 18.9 Å². The van der Waals surface area contributed by atoms with Gasteiger partial charge in [-0.2, -0.15) is 0 Å². The van der Waals surface area contributed by atoms with Crippen LogP contribution in [0.2, 0.25) is 0 Å². The second-order valence-corrected chi connectivity index (χ2v) is 5.71. The number of rotatable bonds is 3. The van der Waals surface area contributed by atoms with Crippen LogP contribution in [-0.2, 0) is 14.1 Å². The summed E-state index contributed by atoms with van der Waals surface area (Å²) in [5.41, 5.74) is 0.00468. The predicted molar refractivity (Wildman–Crippen MR) is 89.2 cm³/mol. The van der Waals surface area contributed by atoms with E-state index in [1.54, 1.807) is 12.1 Å². The van der Waals surface area contributed by atoms with Gasteiger partial charge in [0, 0.05) is 18.6 Å². The van der Waals surface area contributed by atoms with E-state index in [2.05, 4.69) is 20.9 Å². The Kier molecular flexibility index (Phi) is 4.65.